The van der Waals surface area contributed by atoms with Crippen molar-refractivity contribution >= 4 is 27.5 Å². The second-order valence-electron chi connectivity index (χ2n) is 13.4. The summed E-state index contributed by atoms with van der Waals surface area (Å²) in [5.74, 6) is 1.80. The first kappa shape index (κ1) is 32.4. The van der Waals surface area contributed by atoms with Gasteiger partial charge in [0, 0.05) is 49.3 Å². The van der Waals surface area contributed by atoms with Crippen molar-refractivity contribution in [3.63, 3.8) is 0 Å². The van der Waals surface area contributed by atoms with Crippen LogP contribution in [-0.2, 0) is 4.74 Å². The molecule has 2 saturated heterocycles. The highest BCUT2D eigenvalue weighted by Crippen LogP contribution is 2.42. The first-order valence-corrected chi connectivity index (χ1v) is 16.3. The highest BCUT2D eigenvalue weighted by atomic mass is 19.1. The molecule has 4 aromatic rings. The SMILES string of the molecule is C#Cc1c(F)ccc2cc(OCOC)cc(-c3ncc4c(NCC5(N(C)C)CCC5)nc(OC[C@@]56CCCN5C[C@H](F)C6)nc4c3F)c12. The first-order chi connectivity index (χ1) is 23.2. The van der Waals surface area contributed by atoms with Crippen LogP contribution < -0.4 is 14.8 Å². The molecule has 252 valence electrons. The molecular formula is C36H39F3N6O3. The van der Waals surface area contributed by atoms with Crippen LogP contribution in [0.2, 0.25) is 0 Å². The van der Waals surface area contributed by atoms with Crippen molar-refractivity contribution in [2.75, 3.05) is 59.6 Å². The summed E-state index contributed by atoms with van der Waals surface area (Å²) in [7, 11) is 5.59. The molecule has 2 aromatic heterocycles. The van der Waals surface area contributed by atoms with E-state index in [4.69, 9.17) is 25.6 Å². The summed E-state index contributed by atoms with van der Waals surface area (Å²) in [6.07, 6.45) is 11.6. The maximum Gasteiger partial charge on any atom is 0.319 e. The number of terminal acetylenes is 1. The number of pyridine rings is 1. The van der Waals surface area contributed by atoms with E-state index in [2.05, 4.69) is 45.1 Å². The van der Waals surface area contributed by atoms with Crippen molar-refractivity contribution in [1.29, 1.82) is 0 Å². The quantitative estimate of drug-likeness (QED) is 0.155. The molecule has 1 saturated carbocycles. The third kappa shape index (κ3) is 5.57. The van der Waals surface area contributed by atoms with Gasteiger partial charge in [-0.25, -0.2) is 13.2 Å². The molecule has 0 spiro atoms. The number of methoxy groups -OCH3 is 1. The molecule has 4 heterocycles. The van der Waals surface area contributed by atoms with Crippen LogP contribution in [-0.4, -0.2) is 96.2 Å². The van der Waals surface area contributed by atoms with Gasteiger partial charge in [-0.1, -0.05) is 12.0 Å². The van der Waals surface area contributed by atoms with Crippen LogP contribution >= 0.6 is 0 Å². The lowest BCUT2D eigenvalue weighted by atomic mass is 9.75. The fourth-order valence-electron chi connectivity index (χ4n) is 7.64. The topological polar surface area (TPSA) is 84.9 Å². The summed E-state index contributed by atoms with van der Waals surface area (Å²) in [6, 6.07) is 6.06. The molecule has 7 rings (SSSR count). The largest absolute Gasteiger partial charge is 0.468 e. The molecule has 0 unspecified atom stereocenters. The Hall–Kier alpha value is -4.18. The van der Waals surface area contributed by atoms with Gasteiger partial charge in [0.15, 0.2) is 12.6 Å². The van der Waals surface area contributed by atoms with Gasteiger partial charge in [0.25, 0.3) is 0 Å². The van der Waals surface area contributed by atoms with E-state index in [-0.39, 0.29) is 47.3 Å². The second-order valence-corrected chi connectivity index (χ2v) is 13.4. The van der Waals surface area contributed by atoms with E-state index >= 15 is 4.39 Å². The Morgan fingerprint density at radius 3 is 2.69 bits per heavy atom. The molecule has 12 heteroatoms. The van der Waals surface area contributed by atoms with Crippen molar-refractivity contribution in [2.24, 2.45) is 0 Å². The number of anilines is 1. The number of fused-ring (bicyclic) bond motifs is 3. The van der Waals surface area contributed by atoms with Crippen molar-refractivity contribution in [2.45, 2.75) is 55.8 Å². The standard InChI is InChI=1S/C36H39F3N6O3/c1-5-25-28(38)9-8-22-14-24(48-21-46-4)15-26(29(22)25)31-30(39)32-27(17-40-31)33(41-19-35(44(2)3)10-6-11-35)43-34(42-32)47-20-36-12-7-13-45(36)18-23(37)16-36/h1,8-9,14-15,17,23H,6-7,10-13,16,18-21H2,2-4H3,(H,41,42,43)/t23-,36+/m1/s1. The van der Waals surface area contributed by atoms with E-state index < -0.39 is 23.3 Å². The minimum atomic E-state index is -0.921. The second kappa shape index (κ2) is 12.7. The number of alkyl halides is 1. The average molecular weight is 661 g/mol. The van der Waals surface area contributed by atoms with Crippen molar-refractivity contribution < 1.29 is 27.4 Å². The molecule has 9 nitrogen and oxygen atoms in total. The zero-order chi connectivity index (χ0) is 33.6. The number of benzene rings is 2. The van der Waals surface area contributed by atoms with E-state index in [1.165, 1.54) is 19.4 Å². The van der Waals surface area contributed by atoms with Gasteiger partial charge in [-0.2, -0.15) is 9.97 Å². The summed E-state index contributed by atoms with van der Waals surface area (Å²) in [4.78, 5) is 18.2. The van der Waals surface area contributed by atoms with Crippen molar-refractivity contribution in [3.8, 4) is 35.4 Å². The fraction of sp³-hybridized carbons (Fsp3) is 0.472. The van der Waals surface area contributed by atoms with Crippen LogP contribution in [0.4, 0.5) is 19.0 Å². The summed E-state index contributed by atoms with van der Waals surface area (Å²) >= 11 is 0. The number of nitrogens with one attached hydrogen (secondary N) is 1. The zero-order valence-electron chi connectivity index (χ0n) is 27.4. The lowest BCUT2D eigenvalue weighted by Crippen LogP contribution is -2.54. The van der Waals surface area contributed by atoms with Gasteiger partial charge in [-0.15, -0.1) is 6.42 Å². The number of rotatable bonds is 11. The molecule has 3 fully saturated rings. The molecule has 48 heavy (non-hydrogen) atoms. The van der Waals surface area contributed by atoms with Crippen LogP contribution in [0.1, 0.15) is 44.1 Å². The van der Waals surface area contributed by atoms with Crippen LogP contribution in [0.5, 0.6) is 11.8 Å². The molecule has 2 aliphatic heterocycles. The van der Waals surface area contributed by atoms with Gasteiger partial charge in [-0.05, 0) is 76.3 Å². The first-order valence-electron chi connectivity index (χ1n) is 16.3. The molecule has 0 bridgehead atoms. The summed E-state index contributed by atoms with van der Waals surface area (Å²) in [6.45, 7) is 1.90. The van der Waals surface area contributed by atoms with Crippen LogP contribution in [0.15, 0.2) is 30.5 Å². The summed E-state index contributed by atoms with van der Waals surface area (Å²) in [5.41, 5.74) is -0.397. The van der Waals surface area contributed by atoms with Gasteiger partial charge in [0.1, 0.15) is 41.4 Å². The van der Waals surface area contributed by atoms with Gasteiger partial charge in [0.05, 0.1) is 16.5 Å². The van der Waals surface area contributed by atoms with E-state index in [1.54, 1.807) is 18.2 Å². The molecule has 2 aromatic carbocycles. The maximum atomic E-state index is 16.9. The zero-order valence-corrected chi connectivity index (χ0v) is 27.4. The lowest BCUT2D eigenvalue weighted by molar-refractivity contribution is 0.0512. The van der Waals surface area contributed by atoms with Crippen LogP contribution in [0, 0.1) is 24.0 Å². The number of halogens is 3. The minimum Gasteiger partial charge on any atom is -0.468 e. The maximum absolute atomic E-state index is 16.9. The highest BCUT2D eigenvalue weighted by molar-refractivity contribution is 6.03. The number of nitrogens with zero attached hydrogens (tertiary/aromatic N) is 5. The molecule has 1 N–H and O–H groups in total. The summed E-state index contributed by atoms with van der Waals surface area (Å²) in [5, 5.41) is 4.67. The van der Waals surface area contributed by atoms with Crippen molar-refractivity contribution in [3.05, 3.63) is 47.7 Å². The summed E-state index contributed by atoms with van der Waals surface area (Å²) < 4.78 is 63.4. The number of hydrogen-bond acceptors (Lipinski definition) is 9. The predicted octanol–water partition coefficient (Wildman–Crippen LogP) is 5.94. The van der Waals surface area contributed by atoms with E-state index in [0.29, 0.717) is 47.2 Å². The van der Waals surface area contributed by atoms with Gasteiger partial charge >= 0.3 is 6.01 Å². The Balaban J connectivity index is 1.35. The Morgan fingerprint density at radius 1 is 1.12 bits per heavy atom. The number of hydrogen-bond donors (Lipinski definition) is 1. The van der Waals surface area contributed by atoms with E-state index in [9.17, 15) is 8.78 Å². The fourth-order valence-corrected chi connectivity index (χ4v) is 7.64. The van der Waals surface area contributed by atoms with E-state index in [0.717, 1.165) is 38.6 Å². The molecule has 3 aliphatic rings. The number of aromatic nitrogens is 3. The monoisotopic (exact) mass is 660 g/mol. The minimum absolute atomic E-state index is 0.0190. The van der Waals surface area contributed by atoms with Crippen LogP contribution in [0.3, 0.4) is 0 Å². The lowest BCUT2D eigenvalue weighted by Gasteiger charge is -2.47. The Morgan fingerprint density at radius 2 is 1.96 bits per heavy atom. The van der Waals surface area contributed by atoms with Gasteiger partial charge in [0.2, 0.25) is 0 Å². The number of ether oxygens (including phenoxy) is 3. The van der Waals surface area contributed by atoms with Gasteiger partial charge < -0.3 is 24.4 Å². The smallest absolute Gasteiger partial charge is 0.319 e. The predicted molar refractivity (Wildman–Crippen MR) is 178 cm³/mol. The third-order valence-electron chi connectivity index (χ3n) is 10.5. The molecule has 2 atom stereocenters. The third-order valence-corrected chi connectivity index (χ3v) is 10.5. The molecule has 0 radical (unpaired) electrons. The van der Waals surface area contributed by atoms with Gasteiger partial charge in [-0.3, -0.25) is 9.88 Å². The number of likely N-dealkylation sites (N-methyl/N-ethyl adjacent to an activating group) is 1. The normalized spacial score (nSPS) is 21.8. The Labute approximate surface area is 277 Å². The van der Waals surface area contributed by atoms with Crippen molar-refractivity contribution in [1.82, 2.24) is 24.8 Å². The van der Waals surface area contributed by atoms with E-state index in [1.807, 2.05) is 0 Å². The molecular weight excluding hydrogens is 621 g/mol. The molecule has 0 amide bonds. The Bertz CT molecular complexity index is 1910. The average Bonchev–Trinajstić information content (AvgIpc) is 3.58. The van der Waals surface area contributed by atoms with Crippen LogP contribution in [0.25, 0.3) is 32.9 Å². The molecule has 1 aliphatic carbocycles. The Kier molecular flexibility index (Phi) is 8.56. The highest BCUT2D eigenvalue weighted by Gasteiger charge is 2.49.